The first-order valence-electron chi connectivity index (χ1n) is 7.41. The van der Waals surface area contributed by atoms with Gasteiger partial charge >= 0.3 is 0 Å². The molecule has 0 aliphatic heterocycles. The number of rotatable bonds is 4. The number of aromatic nitrogens is 2. The number of ether oxygens (including phenoxy) is 1. The Kier molecular flexibility index (Phi) is 4.53. The van der Waals surface area contributed by atoms with E-state index in [9.17, 15) is 0 Å². The summed E-state index contributed by atoms with van der Waals surface area (Å²) in [5, 5.41) is 3.79. The molecule has 0 spiro atoms. The Morgan fingerprint density at radius 3 is 2.46 bits per heavy atom. The Hall–Kier alpha value is -2.79. The SMILES string of the molecule is Cc1ccc(Oc2ncnc(Nc3ccc(Cl)cc3)c2N)cc1C. The molecule has 5 nitrogen and oxygen atoms in total. The van der Waals surface area contributed by atoms with E-state index in [4.69, 9.17) is 22.1 Å². The first kappa shape index (κ1) is 16.1. The summed E-state index contributed by atoms with van der Waals surface area (Å²) < 4.78 is 5.81. The monoisotopic (exact) mass is 340 g/mol. The van der Waals surface area contributed by atoms with E-state index in [0.29, 0.717) is 28.2 Å². The summed E-state index contributed by atoms with van der Waals surface area (Å²) in [7, 11) is 0. The fourth-order valence-corrected chi connectivity index (χ4v) is 2.25. The summed E-state index contributed by atoms with van der Waals surface area (Å²) in [6.45, 7) is 4.07. The first-order chi connectivity index (χ1) is 11.5. The fourth-order valence-electron chi connectivity index (χ4n) is 2.12. The van der Waals surface area contributed by atoms with Gasteiger partial charge in [-0.15, -0.1) is 0 Å². The molecule has 0 bridgehead atoms. The molecule has 0 saturated heterocycles. The van der Waals surface area contributed by atoms with Crippen molar-refractivity contribution in [3.8, 4) is 11.6 Å². The third-order valence-electron chi connectivity index (χ3n) is 3.65. The third-order valence-corrected chi connectivity index (χ3v) is 3.90. The highest BCUT2D eigenvalue weighted by atomic mass is 35.5. The van der Waals surface area contributed by atoms with Crippen molar-refractivity contribution in [2.24, 2.45) is 0 Å². The number of aryl methyl sites for hydroxylation is 2. The molecule has 0 aliphatic carbocycles. The minimum atomic E-state index is 0.310. The van der Waals surface area contributed by atoms with E-state index in [1.54, 1.807) is 12.1 Å². The zero-order valence-electron chi connectivity index (χ0n) is 13.4. The van der Waals surface area contributed by atoms with Crippen molar-refractivity contribution in [3.05, 3.63) is 64.9 Å². The van der Waals surface area contributed by atoms with Gasteiger partial charge in [0, 0.05) is 10.7 Å². The first-order valence-corrected chi connectivity index (χ1v) is 7.79. The van der Waals surface area contributed by atoms with E-state index < -0.39 is 0 Å². The molecule has 0 saturated carbocycles. The van der Waals surface area contributed by atoms with Gasteiger partial charge in [-0.1, -0.05) is 17.7 Å². The lowest BCUT2D eigenvalue weighted by Gasteiger charge is -2.12. The summed E-state index contributed by atoms with van der Waals surface area (Å²) in [5.74, 6) is 1.47. The van der Waals surface area contributed by atoms with Crippen molar-refractivity contribution in [1.29, 1.82) is 0 Å². The topological polar surface area (TPSA) is 73.1 Å². The molecular weight excluding hydrogens is 324 g/mol. The van der Waals surface area contributed by atoms with E-state index in [2.05, 4.69) is 15.3 Å². The zero-order chi connectivity index (χ0) is 17.1. The lowest BCUT2D eigenvalue weighted by molar-refractivity contribution is 0.464. The fraction of sp³-hybridized carbons (Fsp3) is 0.111. The average molecular weight is 341 g/mol. The molecule has 2 aromatic carbocycles. The summed E-state index contributed by atoms with van der Waals surface area (Å²) in [6, 6.07) is 13.1. The van der Waals surface area contributed by atoms with E-state index >= 15 is 0 Å². The van der Waals surface area contributed by atoms with Gasteiger partial charge in [-0.3, -0.25) is 0 Å². The Balaban J connectivity index is 1.84. The standard InChI is InChI=1S/C18H17ClN4O/c1-11-3-8-15(9-12(11)2)24-18-16(20)17(21-10-22-18)23-14-6-4-13(19)5-7-14/h3-10H,20H2,1-2H3,(H,21,22,23). The maximum atomic E-state index is 6.14. The molecule has 24 heavy (non-hydrogen) atoms. The molecule has 6 heteroatoms. The number of halogens is 1. The van der Waals surface area contributed by atoms with Gasteiger partial charge in [0.1, 0.15) is 17.8 Å². The number of hydrogen-bond donors (Lipinski definition) is 2. The minimum Gasteiger partial charge on any atom is -0.437 e. The van der Waals surface area contributed by atoms with Crippen molar-refractivity contribution in [1.82, 2.24) is 9.97 Å². The molecule has 122 valence electrons. The number of nitrogens with zero attached hydrogens (tertiary/aromatic N) is 2. The summed E-state index contributed by atoms with van der Waals surface area (Å²) in [5.41, 5.74) is 9.63. The highest BCUT2D eigenvalue weighted by Gasteiger charge is 2.11. The van der Waals surface area contributed by atoms with Gasteiger partial charge in [-0.2, -0.15) is 4.98 Å². The van der Waals surface area contributed by atoms with Crippen LogP contribution in [0, 0.1) is 13.8 Å². The van der Waals surface area contributed by atoms with Crippen molar-refractivity contribution in [3.63, 3.8) is 0 Å². The molecular formula is C18H17ClN4O. The molecule has 1 aromatic heterocycles. The second-order valence-electron chi connectivity index (χ2n) is 5.42. The van der Waals surface area contributed by atoms with Crippen LogP contribution in [0.1, 0.15) is 11.1 Å². The van der Waals surface area contributed by atoms with Gasteiger partial charge in [-0.25, -0.2) is 4.98 Å². The van der Waals surface area contributed by atoms with Crippen LogP contribution in [-0.4, -0.2) is 9.97 Å². The van der Waals surface area contributed by atoms with Crippen LogP contribution >= 0.6 is 11.6 Å². The van der Waals surface area contributed by atoms with Crippen LogP contribution in [0.4, 0.5) is 17.2 Å². The van der Waals surface area contributed by atoms with Gasteiger partial charge in [-0.05, 0) is 61.4 Å². The second kappa shape index (κ2) is 6.76. The highest BCUT2D eigenvalue weighted by molar-refractivity contribution is 6.30. The molecule has 0 aliphatic rings. The average Bonchev–Trinajstić information content (AvgIpc) is 2.57. The summed E-state index contributed by atoms with van der Waals surface area (Å²) >= 11 is 5.89. The van der Waals surface area contributed by atoms with Gasteiger partial charge in [0.25, 0.3) is 0 Å². The zero-order valence-corrected chi connectivity index (χ0v) is 14.1. The molecule has 1 heterocycles. The van der Waals surface area contributed by atoms with Crippen LogP contribution in [0.2, 0.25) is 5.02 Å². The van der Waals surface area contributed by atoms with Crippen LogP contribution in [0.5, 0.6) is 11.6 Å². The van der Waals surface area contributed by atoms with Gasteiger partial charge < -0.3 is 15.8 Å². The quantitative estimate of drug-likeness (QED) is 0.709. The predicted octanol–water partition coefficient (Wildman–Crippen LogP) is 4.86. The van der Waals surface area contributed by atoms with E-state index in [1.807, 2.05) is 44.2 Å². The van der Waals surface area contributed by atoms with Crippen molar-refractivity contribution >= 4 is 28.8 Å². The Morgan fingerprint density at radius 1 is 1.00 bits per heavy atom. The Morgan fingerprint density at radius 2 is 1.75 bits per heavy atom. The number of hydrogen-bond acceptors (Lipinski definition) is 5. The molecule has 0 fully saturated rings. The summed E-state index contributed by atoms with van der Waals surface area (Å²) in [4.78, 5) is 8.29. The molecule has 0 amide bonds. The van der Waals surface area contributed by atoms with E-state index in [-0.39, 0.29) is 0 Å². The Bertz CT molecular complexity index is 865. The summed E-state index contributed by atoms with van der Waals surface area (Å²) in [6.07, 6.45) is 1.41. The predicted molar refractivity (Wildman–Crippen MR) is 97.2 cm³/mol. The third kappa shape index (κ3) is 3.58. The van der Waals surface area contributed by atoms with E-state index in [1.165, 1.54) is 11.9 Å². The van der Waals surface area contributed by atoms with Crippen LogP contribution in [0.3, 0.4) is 0 Å². The van der Waals surface area contributed by atoms with Crippen LogP contribution in [-0.2, 0) is 0 Å². The molecule has 3 rings (SSSR count). The van der Waals surface area contributed by atoms with Crippen LogP contribution in [0.15, 0.2) is 48.8 Å². The normalized spacial score (nSPS) is 10.5. The van der Waals surface area contributed by atoms with Crippen LogP contribution in [0.25, 0.3) is 0 Å². The number of nitrogen functional groups attached to an aromatic ring is 1. The van der Waals surface area contributed by atoms with E-state index in [0.717, 1.165) is 11.3 Å². The number of nitrogens with one attached hydrogen (secondary N) is 1. The Labute approximate surface area is 145 Å². The van der Waals surface area contributed by atoms with Crippen molar-refractivity contribution < 1.29 is 4.74 Å². The lowest BCUT2D eigenvalue weighted by Crippen LogP contribution is -2.03. The van der Waals surface area contributed by atoms with Gasteiger partial charge in [0.05, 0.1) is 0 Å². The van der Waals surface area contributed by atoms with Crippen LogP contribution < -0.4 is 15.8 Å². The minimum absolute atomic E-state index is 0.310. The lowest BCUT2D eigenvalue weighted by atomic mass is 10.1. The highest BCUT2D eigenvalue weighted by Crippen LogP contribution is 2.31. The molecule has 0 atom stereocenters. The molecule has 0 unspecified atom stereocenters. The number of nitrogens with two attached hydrogens (primary N) is 1. The molecule has 0 radical (unpaired) electrons. The number of benzene rings is 2. The smallest absolute Gasteiger partial charge is 0.248 e. The molecule has 3 aromatic rings. The maximum absolute atomic E-state index is 6.14. The molecule has 3 N–H and O–H groups in total. The van der Waals surface area contributed by atoms with Gasteiger partial charge in [0.15, 0.2) is 5.82 Å². The maximum Gasteiger partial charge on any atom is 0.248 e. The van der Waals surface area contributed by atoms with Gasteiger partial charge in [0.2, 0.25) is 5.88 Å². The second-order valence-corrected chi connectivity index (χ2v) is 5.86. The van der Waals surface area contributed by atoms with Crippen molar-refractivity contribution in [2.45, 2.75) is 13.8 Å². The van der Waals surface area contributed by atoms with Crippen molar-refractivity contribution in [2.75, 3.05) is 11.1 Å². The number of anilines is 3. The largest absolute Gasteiger partial charge is 0.437 e.